The number of nitrogens with one attached hydrogen (secondary N) is 1. The van der Waals surface area contributed by atoms with Gasteiger partial charge in [0.2, 0.25) is 17.7 Å². The predicted octanol–water partition coefficient (Wildman–Crippen LogP) is 5.11. The van der Waals surface area contributed by atoms with Gasteiger partial charge in [-0.3, -0.25) is 14.4 Å². The SMILES string of the molecule is O=C(C1CC(=O)N(c2cccc3ccccc23)C1)N1CCC2(CCCCCc3ccccc3OCCNC2=O)CC1. The van der Waals surface area contributed by atoms with E-state index in [1.54, 1.807) is 4.90 Å². The second-order valence-electron chi connectivity index (χ2n) is 11.8. The largest absolute Gasteiger partial charge is 0.491 e. The minimum atomic E-state index is -0.460. The van der Waals surface area contributed by atoms with Crippen LogP contribution in [-0.2, 0) is 20.8 Å². The van der Waals surface area contributed by atoms with Crippen LogP contribution in [0.5, 0.6) is 5.75 Å². The number of anilines is 1. The Morgan fingerprint density at radius 3 is 2.54 bits per heavy atom. The molecular formula is C34H39N3O4. The molecule has 3 aromatic rings. The average molecular weight is 554 g/mol. The van der Waals surface area contributed by atoms with Crippen LogP contribution in [0, 0.1) is 11.3 Å². The quantitative estimate of drug-likeness (QED) is 0.478. The van der Waals surface area contributed by atoms with Crippen LogP contribution in [0.15, 0.2) is 66.7 Å². The molecule has 41 heavy (non-hydrogen) atoms. The second kappa shape index (κ2) is 11.9. The van der Waals surface area contributed by atoms with E-state index < -0.39 is 5.41 Å². The second-order valence-corrected chi connectivity index (χ2v) is 11.8. The molecule has 3 aliphatic rings. The molecule has 7 heteroatoms. The third-order valence-corrected chi connectivity index (χ3v) is 9.26. The third-order valence-electron chi connectivity index (χ3n) is 9.26. The molecule has 3 aliphatic heterocycles. The minimum absolute atomic E-state index is 0.00725. The van der Waals surface area contributed by atoms with Crippen molar-refractivity contribution in [1.29, 1.82) is 0 Å². The molecule has 2 fully saturated rings. The smallest absolute Gasteiger partial charge is 0.228 e. The van der Waals surface area contributed by atoms with E-state index in [9.17, 15) is 14.4 Å². The molecule has 7 nitrogen and oxygen atoms in total. The van der Waals surface area contributed by atoms with E-state index >= 15 is 0 Å². The molecule has 2 saturated heterocycles. The van der Waals surface area contributed by atoms with E-state index in [0.29, 0.717) is 45.6 Å². The van der Waals surface area contributed by atoms with Crippen LogP contribution in [0.4, 0.5) is 5.69 Å². The van der Waals surface area contributed by atoms with Gasteiger partial charge in [0.05, 0.1) is 23.6 Å². The first kappa shape index (κ1) is 27.3. The zero-order valence-electron chi connectivity index (χ0n) is 23.6. The Bertz CT molecular complexity index is 1420. The van der Waals surface area contributed by atoms with Crippen LogP contribution in [0.2, 0.25) is 0 Å². The van der Waals surface area contributed by atoms with Gasteiger partial charge in [-0.15, -0.1) is 0 Å². The van der Waals surface area contributed by atoms with E-state index in [2.05, 4.69) is 17.4 Å². The average Bonchev–Trinajstić information content (AvgIpc) is 3.40. The van der Waals surface area contributed by atoms with E-state index in [4.69, 9.17) is 4.74 Å². The van der Waals surface area contributed by atoms with Gasteiger partial charge in [0.15, 0.2) is 0 Å². The highest BCUT2D eigenvalue weighted by molar-refractivity contribution is 6.07. The number of carbonyl (C=O) groups excluding carboxylic acids is 3. The van der Waals surface area contributed by atoms with Crippen molar-refractivity contribution in [2.24, 2.45) is 11.3 Å². The number of rotatable bonds is 2. The van der Waals surface area contributed by atoms with Crippen molar-refractivity contribution in [3.8, 4) is 5.75 Å². The first-order valence-corrected chi connectivity index (χ1v) is 15.1. The number of hydrogen-bond donors (Lipinski definition) is 1. The maximum atomic E-state index is 13.6. The lowest BCUT2D eigenvalue weighted by atomic mass is 9.73. The molecule has 0 radical (unpaired) electrons. The van der Waals surface area contributed by atoms with E-state index in [1.807, 2.05) is 59.5 Å². The molecule has 0 bridgehead atoms. The number of amides is 3. The number of carbonyl (C=O) groups is 3. The number of hydrogen-bond acceptors (Lipinski definition) is 4. The fourth-order valence-electron chi connectivity index (χ4n) is 6.87. The third kappa shape index (κ3) is 5.67. The molecule has 0 aliphatic carbocycles. The summed E-state index contributed by atoms with van der Waals surface area (Å²) in [7, 11) is 0. The predicted molar refractivity (Wildman–Crippen MR) is 160 cm³/mol. The van der Waals surface area contributed by atoms with Gasteiger partial charge in [0.1, 0.15) is 12.4 Å². The highest BCUT2D eigenvalue weighted by Gasteiger charge is 2.44. The summed E-state index contributed by atoms with van der Waals surface area (Å²) in [5.41, 5.74) is 1.64. The summed E-state index contributed by atoms with van der Waals surface area (Å²) in [6.45, 7) is 2.40. The molecule has 1 N–H and O–H groups in total. The number of fused-ring (bicyclic) bond motifs is 2. The topological polar surface area (TPSA) is 79.0 Å². The highest BCUT2D eigenvalue weighted by Crippen LogP contribution is 2.39. The van der Waals surface area contributed by atoms with Gasteiger partial charge in [0.25, 0.3) is 0 Å². The first-order valence-electron chi connectivity index (χ1n) is 15.1. The molecule has 3 aromatic carbocycles. The fraction of sp³-hybridized carbons (Fsp3) is 0.441. The molecular weight excluding hydrogens is 514 g/mol. The molecule has 1 unspecified atom stereocenters. The Morgan fingerprint density at radius 2 is 1.66 bits per heavy atom. The van der Waals surface area contributed by atoms with Gasteiger partial charge in [-0.25, -0.2) is 0 Å². The van der Waals surface area contributed by atoms with Gasteiger partial charge in [-0.05, 0) is 55.2 Å². The molecule has 0 aromatic heterocycles. The molecule has 1 atom stereocenters. The molecule has 3 amide bonds. The zero-order valence-corrected chi connectivity index (χ0v) is 23.6. The molecule has 3 heterocycles. The van der Waals surface area contributed by atoms with Gasteiger partial charge in [0, 0.05) is 31.4 Å². The number of para-hydroxylation sites is 1. The lowest BCUT2D eigenvalue weighted by Gasteiger charge is -2.41. The Morgan fingerprint density at radius 1 is 0.878 bits per heavy atom. The Labute approximate surface area is 241 Å². The summed E-state index contributed by atoms with van der Waals surface area (Å²) in [5.74, 6) is 0.661. The van der Waals surface area contributed by atoms with Crippen LogP contribution in [0.1, 0.15) is 50.5 Å². The van der Waals surface area contributed by atoms with Crippen molar-refractivity contribution >= 4 is 34.2 Å². The fourth-order valence-corrected chi connectivity index (χ4v) is 6.87. The Balaban J connectivity index is 1.09. The van der Waals surface area contributed by atoms with Crippen molar-refractivity contribution < 1.29 is 19.1 Å². The summed E-state index contributed by atoms with van der Waals surface area (Å²) in [5, 5.41) is 5.24. The number of piperidine rings is 1. The van der Waals surface area contributed by atoms with Gasteiger partial charge in [-0.1, -0.05) is 67.4 Å². The summed E-state index contributed by atoms with van der Waals surface area (Å²) in [4.78, 5) is 43.9. The van der Waals surface area contributed by atoms with Crippen LogP contribution in [-0.4, -0.2) is 55.4 Å². The highest BCUT2D eigenvalue weighted by atomic mass is 16.5. The van der Waals surface area contributed by atoms with Crippen LogP contribution >= 0.6 is 0 Å². The minimum Gasteiger partial charge on any atom is -0.491 e. The summed E-state index contributed by atoms with van der Waals surface area (Å²) in [6, 6.07) is 22.2. The maximum absolute atomic E-state index is 13.6. The van der Waals surface area contributed by atoms with Crippen molar-refractivity contribution in [3.63, 3.8) is 0 Å². The Hall–Kier alpha value is -3.87. The number of likely N-dealkylation sites (tertiary alicyclic amines) is 1. The zero-order chi connectivity index (χ0) is 28.2. The standard InChI is InChI=1S/C34H39N3O4/c38-31-23-27(24-37(31)29-14-8-12-25-9-3-5-13-28(25)29)32(39)36-20-17-34(18-21-36)16-7-1-2-10-26-11-4-6-15-30(26)41-22-19-35-33(34)40/h3-6,8-9,11-15,27H,1-2,7,10,16-24H2,(H,35,40). The lowest BCUT2D eigenvalue weighted by molar-refractivity contribution is -0.143. The summed E-state index contributed by atoms with van der Waals surface area (Å²) < 4.78 is 6.00. The Kier molecular flexibility index (Phi) is 7.95. The van der Waals surface area contributed by atoms with E-state index in [0.717, 1.165) is 54.3 Å². The van der Waals surface area contributed by atoms with E-state index in [1.165, 1.54) is 5.56 Å². The van der Waals surface area contributed by atoms with Crippen molar-refractivity contribution in [2.45, 2.75) is 51.4 Å². The number of benzene rings is 3. The number of ether oxygens (including phenoxy) is 1. The van der Waals surface area contributed by atoms with Crippen LogP contribution in [0.3, 0.4) is 0 Å². The monoisotopic (exact) mass is 553 g/mol. The van der Waals surface area contributed by atoms with Crippen molar-refractivity contribution in [3.05, 3.63) is 72.3 Å². The molecule has 6 rings (SSSR count). The summed E-state index contributed by atoms with van der Waals surface area (Å²) in [6.07, 6.45) is 6.45. The van der Waals surface area contributed by atoms with Gasteiger partial charge < -0.3 is 19.9 Å². The first-order chi connectivity index (χ1) is 20.0. The van der Waals surface area contributed by atoms with Crippen molar-refractivity contribution in [1.82, 2.24) is 10.2 Å². The van der Waals surface area contributed by atoms with Crippen LogP contribution in [0.25, 0.3) is 10.8 Å². The molecule has 214 valence electrons. The lowest BCUT2D eigenvalue weighted by Crippen LogP contribution is -2.51. The van der Waals surface area contributed by atoms with E-state index in [-0.39, 0.29) is 30.1 Å². The molecule has 0 saturated carbocycles. The van der Waals surface area contributed by atoms with Gasteiger partial charge >= 0.3 is 0 Å². The molecule has 1 spiro atoms. The van der Waals surface area contributed by atoms with Crippen molar-refractivity contribution in [2.75, 3.05) is 37.7 Å². The van der Waals surface area contributed by atoms with Gasteiger partial charge in [-0.2, -0.15) is 0 Å². The number of aryl methyl sites for hydroxylation is 1. The number of nitrogens with zero attached hydrogens (tertiary/aromatic N) is 2. The normalized spacial score (nSPS) is 21.8. The summed E-state index contributed by atoms with van der Waals surface area (Å²) >= 11 is 0. The van der Waals surface area contributed by atoms with Crippen LogP contribution < -0.4 is 15.0 Å². The maximum Gasteiger partial charge on any atom is 0.228 e.